The van der Waals surface area contributed by atoms with Crippen LogP contribution in [0.1, 0.15) is 45.9 Å². The Bertz CT molecular complexity index is 325. The van der Waals surface area contributed by atoms with Gasteiger partial charge in [-0.15, -0.1) is 0 Å². The number of aromatic nitrogens is 1. The summed E-state index contributed by atoms with van der Waals surface area (Å²) in [5, 5.41) is 3.44. The van der Waals surface area contributed by atoms with Gasteiger partial charge in [0.05, 0.1) is 18.4 Å². The number of hydrogen-bond acceptors (Lipinski definition) is 3. The van der Waals surface area contributed by atoms with E-state index in [9.17, 15) is 0 Å². The van der Waals surface area contributed by atoms with Gasteiger partial charge in [-0.3, -0.25) is 4.98 Å². The van der Waals surface area contributed by atoms with E-state index in [0.29, 0.717) is 6.61 Å². The van der Waals surface area contributed by atoms with Gasteiger partial charge in [0.15, 0.2) is 0 Å². The SMILES string of the molecule is CC(C)OCc1ccc(CNC(C)(C)C)cn1. The molecule has 1 rings (SSSR count). The lowest BCUT2D eigenvalue weighted by Gasteiger charge is -2.20. The molecule has 0 aliphatic carbocycles. The Morgan fingerprint density at radius 2 is 2.00 bits per heavy atom. The van der Waals surface area contributed by atoms with Gasteiger partial charge >= 0.3 is 0 Å². The summed E-state index contributed by atoms with van der Waals surface area (Å²) in [6, 6.07) is 4.13. The Morgan fingerprint density at radius 3 is 2.47 bits per heavy atom. The predicted molar refractivity (Wildman–Crippen MR) is 70.8 cm³/mol. The summed E-state index contributed by atoms with van der Waals surface area (Å²) < 4.78 is 5.50. The molecule has 1 N–H and O–H groups in total. The largest absolute Gasteiger partial charge is 0.373 e. The van der Waals surface area contributed by atoms with E-state index >= 15 is 0 Å². The smallest absolute Gasteiger partial charge is 0.0891 e. The lowest BCUT2D eigenvalue weighted by atomic mass is 10.1. The fourth-order valence-corrected chi connectivity index (χ4v) is 1.26. The zero-order valence-corrected chi connectivity index (χ0v) is 11.6. The molecule has 96 valence electrons. The van der Waals surface area contributed by atoms with Crippen LogP contribution in [0.25, 0.3) is 0 Å². The first-order chi connectivity index (χ1) is 7.87. The van der Waals surface area contributed by atoms with E-state index in [4.69, 9.17) is 4.74 Å². The van der Waals surface area contributed by atoms with Crippen LogP contribution in [0.5, 0.6) is 0 Å². The highest BCUT2D eigenvalue weighted by Crippen LogP contribution is 2.06. The third-order valence-corrected chi connectivity index (χ3v) is 2.27. The standard InChI is InChI=1S/C14H24N2O/c1-11(2)17-10-13-7-6-12(8-15-13)9-16-14(3,4)5/h6-8,11,16H,9-10H2,1-5H3. The average Bonchev–Trinajstić information content (AvgIpc) is 2.24. The van der Waals surface area contributed by atoms with E-state index in [1.54, 1.807) is 0 Å². The van der Waals surface area contributed by atoms with E-state index in [2.05, 4.69) is 37.1 Å². The summed E-state index contributed by atoms with van der Waals surface area (Å²) in [7, 11) is 0. The first-order valence-electron chi connectivity index (χ1n) is 6.17. The van der Waals surface area contributed by atoms with Crippen LogP contribution in [0.3, 0.4) is 0 Å². The van der Waals surface area contributed by atoms with Gasteiger partial charge in [0.25, 0.3) is 0 Å². The summed E-state index contributed by atoms with van der Waals surface area (Å²) in [4.78, 5) is 4.39. The van der Waals surface area contributed by atoms with Gasteiger partial charge in [-0.1, -0.05) is 6.07 Å². The van der Waals surface area contributed by atoms with Crippen molar-refractivity contribution in [2.45, 2.75) is 59.4 Å². The lowest BCUT2D eigenvalue weighted by Crippen LogP contribution is -2.35. The summed E-state index contributed by atoms with van der Waals surface area (Å²) in [5.74, 6) is 0. The zero-order chi connectivity index (χ0) is 12.9. The first kappa shape index (κ1) is 14.1. The fourth-order valence-electron chi connectivity index (χ4n) is 1.26. The Kier molecular flexibility index (Phi) is 5.09. The van der Waals surface area contributed by atoms with Gasteiger partial charge < -0.3 is 10.1 Å². The van der Waals surface area contributed by atoms with Crippen LogP contribution in [0, 0.1) is 0 Å². The van der Waals surface area contributed by atoms with Gasteiger partial charge in [0, 0.05) is 18.3 Å². The van der Waals surface area contributed by atoms with Gasteiger partial charge in [-0.05, 0) is 46.2 Å². The summed E-state index contributed by atoms with van der Waals surface area (Å²) in [6.45, 7) is 12.0. The number of ether oxygens (including phenoxy) is 1. The first-order valence-corrected chi connectivity index (χ1v) is 6.17. The number of pyridine rings is 1. The maximum atomic E-state index is 5.50. The molecule has 0 atom stereocenters. The zero-order valence-electron chi connectivity index (χ0n) is 11.6. The van der Waals surface area contributed by atoms with E-state index in [0.717, 1.165) is 12.2 Å². The highest BCUT2D eigenvalue weighted by atomic mass is 16.5. The molecule has 0 aromatic carbocycles. The van der Waals surface area contributed by atoms with Crippen LogP contribution < -0.4 is 5.32 Å². The predicted octanol–water partition coefficient (Wildman–Crippen LogP) is 2.89. The van der Waals surface area contributed by atoms with Crippen LogP contribution in [0.4, 0.5) is 0 Å². The number of rotatable bonds is 5. The second kappa shape index (κ2) is 6.12. The Hall–Kier alpha value is -0.930. The Labute approximate surface area is 105 Å². The highest BCUT2D eigenvalue weighted by molar-refractivity contribution is 5.13. The van der Waals surface area contributed by atoms with Crippen molar-refractivity contribution in [2.75, 3.05) is 0 Å². The van der Waals surface area contributed by atoms with Crippen molar-refractivity contribution in [2.24, 2.45) is 0 Å². The van der Waals surface area contributed by atoms with Crippen LogP contribution in [0.2, 0.25) is 0 Å². The maximum absolute atomic E-state index is 5.50. The van der Waals surface area contributed by atoms with Crippen molar-refractivity contribution >= 4 is 0 Å². The molecule has 0 saturated heterocycles. The van der Waals surface area contributed by atoms with Gasteiger partial charge in [0.2, 0.25) is 0 Å². The molecule has 3 nitrogen and oxygen atoms in total. The highest BCUT2D eigenvalue weighted by Gasteiger charge is 2.08. The third-order valence-electron chi connectivity index (χ3n) is 2.27. The summed E-state index contributed by atoms with van der Waals surface area (Å²) >= 11 is 0. The Balaban J connectivity index is 2.45. The van der Waals surface area contributed by atoms with Gasteiger partial charge in [-0.25, -0.2) is 0 Å². The number of nitrogens with zero attached hydrogens (tertiary/aromatic N) is 1. The number of hydrogen-bond donors (Lipinski definition) is 1. The van der Waals surface area contributed by atoms with Crippen molar-refractivity contribution in [3.63, 3.8) is 0 Å². The molecular formula is C14H24N2O. The molecule has 0 spiro atoms. The molecule has 0 aliphatic heterocycles. The van der Waals surface area contributed by atoms with Crippen molar-refractivity contribution in [3.8, 4) is 0 Å². The fraction of sp³-hybridized carbons (Fsp3) is 0.643. The van der Waals surface area contributed by atoms with E-state index in [-0.39, 0.29) is 11.6 Å². The lowest BCUT2D eigenvalue weighted by molar-refractivity contribution is 0.0636. The van der Waals surface area contributed by atoms with E-state index < -0.39 is 0 Å². The molecule has 0 bridgehead atoms. The molecule has 0 radical (unpaired) electrons. The average molecular weight is 236 g/mol. The topological polar surface area (TPSA) is 34.1 Å². The molecule has 1 aromatic heterocycles. The van der Waals surface area contributed by atoms with Gasteiger partial charge in [-0.2, -0.15) is 0 Å². The summed E-state index contributed by atoms with van der Waals surface area (Å²) in [5.41, 5.74) is 2.32. The van der Waals surface area contributed by atoms with Crippen LogP contribution in [-0.4, -0.2) is 16.6 Å². The number of nitrogens with one attached hydrogen (secondary N) is 1. The second-order valence-corrected chi connectivity index (χ2v) is 5.62. The molecule has 1 aromatic rings. The monoisotopic (exact) mass is 236 g/mol. The minimum absolute atomic E-state index is 0.138. The normalized spacial score (nSPS) is 12.1. The minimum Gasteiger partial charge on any atom is -0.373 e. The summed E-state index contributed by atoms with van der Waals surface area (Å²) in [6.07, 6.45) is 2.16. The minimum atomic E-state index is 0.138. The molecule has 0 unspecified atom stereocenters. The molecule has 0 aliphatic rings. The molecule has 3 heteroatoms. The van der Waals surface area contributed by atoms with Gasteiger partial charge in [0.1, 0.15) is 0 Å². The molecule has 1 heterocycles. The molecular weight excluding hydrogens is 212 g/mol. The second-order valence-electron chi connectivity index (χ2n) is 5.62. The maximum Gasteiger partial charge on any atom is 0.0891 e. The van der Waals surface area contributed by atoms with Crippen molar-refractivity contribution in [1.82, 2.24) is 10.3 Å². The molecule has 0 amide bonds. The van der Waals surface area contributed by atoms with Crippen molar-refractivity contribution in [3.05, 3.63) is 29.6 Å². The third kappa shape index (κ3) is 6.39. The quantitative estimate of drug-likeness (QED) is 0.853. The van der Waals surface area contributed by atoms with E-state index in [1.807, 2.05) is 26.1 Å². The Morgan fingerprint density at radius 1 is 1.29 bits per heavy atom. The van der Waals surface area contributed by atoms with E-state index in [1.165, 1.54) is 5.56 Å². The molecule has 17 heavy (non-hydrogen) atoms. The van der Waals surface area contributed by atoms with Crippen LogP contribution >= 0.6 is 0 Å². The molecule has 0 saturated carbocycles. The van der Waals surface area contributed by atoms with Crippen molar-refractivity contribution in [1.29, 1.82) is 0 Å². The van der Waals surface area contributed by atoms with Crippen LogP contribution in [-0.2, 0) is 17.9 Å². The van der Waals surface area contributed by atoms with Crippen LogP contribution in [0.15, 0.2) is 18.3 Å². The molecule has 0 fully saturated rings. The van der Waals surface area contributed by atoms with Crippen molar-refractivity contribution < 1.29 is 4.74 Å².